The van der Waals surface area contributed by atoms with Gasteiger partial charge in [0.05, 0.1) is 12.6 Å². The van der Waals surface area contributed by atoms with E-state index in [1.807, 2.05) is 32.9 Å². The Hall–Kier alpha value is -2.15. The molecule has 2 aromatic rings. The first-order valence-electron chi connectivity index (χ1n) is 13.0. The normalized spacial score (nSPS) is 21.5. The maximum absolute atomic E-state index is 13.3. The number of nitrogens with zero attached hydrogens (tertiary/aromatic N) is 1. The van der Waals surface area contributed by atoms with E-state index in [9.17, 15) is 9.90 Å². The second-order valence-corrected chi connectivity index (χ2v) is 17.4. The van der Waals surface area contributed by atoms with Gasteiger partial charge in [-0.25, -0.2) is 4.79 Å². The third kappa shape index (κ3) is 5.87. The van der Waals surface area contributed by atoms with Crippen LogP contribution in [0.15, 0.2) is 60.7 Å². The number of hydrogen-bond donors (Lipinski definition) is 1. The molecule has 2 aromatic carbocycles. The molecule has 1 heterocycles. The van der Waals surface area contributed by atoms with Gasteiger partial charge in [-0.1, -0.05) is 102 Å². The minimum Gasteiger partial charge on any atom is -0.444 e. The maximum Gasteiger partial charge on any atom is 0.412 e. The van der Waals surface area contributed by atoms with E-state index < -0.39 is 26.2 Å². The molecule has 1 aliphatic rings. The number of ether oxygens (including phenoxy) is 1. The first-order valence-corrected chi connectivity index (χ1v) is 14.9. The van der Waals surface area contributed by atoms with E-state index in [0.29, 0.717) is 13.0 Å². The maximum atomic E-state index is 13.3. The molecule has 3 rings (SSSR count). The summed E-state index contributed by atoms with van der Waals surface area (Å²) in [4.78, 5) is 14.8. The van der Waals surface area contributed by atoms with Crippen molar-refractivity contribution < 1.29 is 19.1 Å². The van der Waals surface area contributed by atoms with Crippen LogP contribution in [0.25, 0.3) is 0 Å². The summed E-state index contributed by atoms with van der Waals surface area (Å²) in [6, 6.07) is 20.7. The van der Waals surface area contributed by atoms with Crippen LogP contribution in [0.1, 0.15) is 68.7 Å². The van der Waals surface area contributed by atoms with Gasteiger partial charge < -0.3 is 14.3 Å². The SMILES string of the molecule is CC(C)(C)OC(=O)N1C(O)C[C@@H](C(C)(C)C)[C@@H]1CO[Si](c1ccccc1)(c1ccccc1)C(C)(C)C. The lowest BCUT2D eigenvalue weighted by molar-refractivity contribution is -0.0316. The molecule has 3 atom stereocenters. The zero-order valence-corrected chi connectivity index (χ0v) is 24.5. The molecule has 1 fully saturated rings. The molecular formula is C30H45NO4Si. The van der Waals surface area contributed by atoms with Gasteiger partial charge in [0.1, 0.15) is 11.8 Å². The Morgan fingerprint density at radius 2 is 1.36 bits per heavy atom. The van der Waals surface area contributed by atoms with Gasteiger partial charge in [0.2, 0.25) is 0 Å². The van der Waals surface area contributed by atoms with Crippen LogP contribution in [0.4, 0.5) is 4.79 Å². The molecule has 0 spiro atoms. The second-order valence-electron chi connectivity index (χ2n) is 13.1. The quantitative estimate of drug-likeness (QED) is 0.535. The fourth-order valence-electron chi connectivity index (χ4n) is 5.58. The van der Waals surface area contributed by atoms with E-state index in [-0.39, 0.29) is 22.4 Å². The van der Waals surface area contributed by atoms with Crippen LogP contribution < -0.4 is 10.4 Å². The van der Waals surface area contributed by atoms with Crippen molar-refractivity contribution in [2.24, 2.45) is 11.3 Å². The number of aliphatic hydroxyl groups excluding tert-OH is 1. The standard InChI is InChI=1S/C30H45NO4Si/c1-28(2,3)24-20-26(32)31(27(33)35-29(4,5)6)25(24)21-34-36(30(7,8)9,22-16-12-10-13-17-22)23-18-14-11-15-19-23/h10-19,24-26,32H,20-21H2,1-9H3/t24-,25+,26?/m1/s1. The van der Waals surface area contributed by atoms with Crippen molar-refractivity contribution in [1.82, 2.24) is 4.90 Å². The third-order valence-corrected chi connectivity index (χ3v) is 12.2. The summed E-state index contributed by atoms with van der Waals surface area (Å²) in [5.74, 6) is 0.0539. The summed E-state index contributed by atoms with van der Waals surface area (Å²) in [5, 5.41) is 13.3. The van der Waals surface area contributed by atoms with Crippen molar-refractivity contribution in [1.29, 1.82) is 0 Å². The summed E-state index contributed by atoms with van der Waals surface area (Å²) in [5.41, 5.74) is -0.781. The Kier molecular flexibility index (Phi) is 8.14. The summed E-state index contributed by atoms with van der Waals surface area (Å²) >= 11 is 0. The number of hydrogen-bond acceptors (Lipinski definition) is 4. The van der Waals surface area contributed by atoms with Crippen molar-refractivity contribution in [3.63, 3.8) is 0 Å². The van der Waals surface area contributed by atoms with Crippen LogP contribution in [0.2, 0.25) is 5.04 Å². The Labute approximate surface area is 218 Å². The molecule has 1 saturated heterocycles. The number of carbonyl (C=O) groups is 1. The molecule has 198 valence electrons. The minimum atomic E-state index is -2.80. The van der Waals surface area contributed by atoms with Crippen molar-refractivity contribution >= 4 is 24.8 Å². The van der Waals surface area contributed by atoms with Crippen molar-refractivity contribution in [2.75, 3.05) is 6.61 Å². The van der Waals surface area contributed by atoms with Crippen LogP contribution in [0.3, 0.4) is 0 Å². The van der Waals surface area contributed by atoms with Gasteiger partial charge in [0.15, 0.2) is 0 Å². The summed E-state index contributed by atoms with van der Waals surface area (Å²) in [6.07, 6.45) is -0.896. The monoisotopic (exact) mass is 511 g/mol. The number of amides is 1. The van der Waals surface area contributed by atoms with Gasteiger partial charge in [-0.3, -0.25) is 4.90 Å². The largest absolute Gasteiger partial charge is 0.444 e. The lowest BCUT2D eigenvalue weighted by atomic mass is 9.76. The van der Waals surface area contributed by atoms with Crippen molar-refractivity contribution in [2.45, 2.75) is 91.6 Å². The van der Waals surface area contributed by atoms with Crippen LogP contribution in [0.5, 0.6) is 0 Å². The molecule has 5 nitrogen and oxygen atoms in total. The smallest absolute Gasteiger partial charge is 0.412 e. The molecule has 1 N–H and O–H groups in total. The van der Waals surface area contributed by atoms with Gasteiger partial charge in [0, 0.05) is 0 Å². The summed E-state index contributed by atoms with van der Waals surface area (Å²) in [6.45, 7) is 19.1. The highest BCUT2D eigenvalue weighted by molar-refractivity contribution is 6.99. The van der Waals surface area contributed by atoms with E-state index in [2.05, 4.69) is 90.1 Å². The van der Waals surface area contributed by atoms with Crippen LogP contribution in [0, 0.1) is 11.3 Å². The average Bonchev–Trinajstić information content (AvgIpc) is 3.10. The van der Waals surface area contributed by atoms with Gasteiger partial charge >= 0.3 is 6.09 Å². The average molecular weight is 512 g/mol. The molecule has 0 radical (unpaired) electrons. The van der Waals surface area contributed by atoms with Gasteiger partial charge in [-0.15, -0.1) is 0 Å². The lowest BCUT2D eigenvalue weighted by Crippen LogP contribution is -2.67. The number of carbonyl (C=O) groups excluding carboxylic acids is 1. The van der Waals surface area contributed by atoms with Crippen LogP contribution in [-0.2, 0) is 9.16 Å². The molecule has 36 heavy (non-hydrogen) atoms. The summed E-state index contributed by atoms with van der Waals surface area (Å²) in [7, 11) is -2.80. The number of aliphatic hydroxyl groups is 1. The Morgan fingerprint density at radius 1 is 0.889 bits per heavy atom. The second kappa shape index (κ2) is 10.3. The van der Waals surface area contributed by atoms with Gasteiger partial charge in [-0.2, -0.15) is 0 Å². The van der Waals surface area contributed by atoms with Crippen LogP contribution >= 0.6 is 0 Å². The molecule has 1 aliphatic heterocycles. The molecule has 0 aromatic heterocycles. The zero-order valence-electron chi connectivity index (χ0n) is 23.5. The molecule has 1 unspecified atom stereocenters. The highest BCUT2D eigenvalue weighted by Gasteiger charge is 2.54. The van der Waals surface area contributed by atoms with E-state index in [1.165, 1.54) is 15.3 Å². The Bertz CT molecular complexity index is 966. The van der Waals surface area contributed by atoms with E-state index >= 15 is 0 Å². The minimum absolute atomic E-state index is 0.0539. The lowest BCUT2D eigenvalue weighted by Gasteiger charge is -2.45. The number of benzene rings is 2. The first-order chi connectivity index (χ1) is 16.6. The van der Waals surface area contributed by atoms with Crippen molar-refractivity contribution in [3.05, 3.63) is 60.7 Å². The molecular weight excluding hydrogens is 466 g/mol. The Morgan fingerprint density at radius 3 is 1.75 bits per heavy atom. The molecule has 1 amide bonds. The molecule has 0 saturated carbocycles. The van der Waals surface area contributed by atoms with E-state index in [1.54, 1.807) is 0 Å². The van der Waals surface area contributed by atoms with Gasteiger partial charge in [0.25, 0.3) is 8.32 Å². The van der Waals surface area contributed by atoms with E-state index in [4.69, 9.17) is 9.16 Å². The number of rotatable bonds is 5. The highest BCUT2D eigenvalue weighted by atomic mass is 28.4. The third-order valence-electron chi connectivity index (χ3n) is 7.21. The van der Waals surface area contributed by atoms with Crippen molar-refractivity contribution in [3.8, 4) is 0 Å². The fraction of sp³-hybridized carbons (Fsp3) is 0.567. The topological polar surface area (TPSA) is 59.0 Å². The molecule has 6 heteroatoms. The zero-order chi connectivity index (χ0) is 26.9. The molecule has 0 aliphatic carbocycles. The van der Waals surface area contributed by atoms with E-state index in [0.717, 1.165) is 0 Å². The highest BCUT2D eigenvalue weighted by Crippen LogP contribution is 2.43. The predicted octanol–water partition coefficient (Wildman–Crippen LogP) is 5.55. The fourth-order valence-corrected chi connectivity index (χ4v) is 10.2. The summed E-state index contributed by atoms with van der Waals surface area (Å²) < 4.78 is 12.9. The predicted molar refractivity (Wildman–Crippen MR) is 149 cm³/mol. The molecule has 0 bridgehead atoms. The Balaban J connectivity index is 2.09. The van der Waals surface area contributed by atoms with Gasteiger partial charge in [-0.05, 0) is 53.9 Å². The first kappa shape index (κ1) is 28.4. The number of likely N-dealkylation sites (tertiary alicyclic amines) is 1. The van der Waals surface area contributed by atoms with Crippen LogP contribution in [-0.4, -0.2) is 48.9 Å².